The third kappa shape index (κ3) is 3.36. The highest BCUT2D eigenvalue weighted by molar-refractivity contribution is 7.89. The number of rotatable bonds is 7. The Morgan fingerprint density at radius 3 is 2.57 bits per heavy atom. The van der Waals surface area contributed by atoms with Gasteiger partial charge >= 0.3 is 5.97 Å². The van der Waals surface area contributed by atoms with E-state index in [2.05, 4.69) is 0 Å². The number of aromatic carboxylic acids is 1. The van der Waals surface area contributed by atoms with E-state index in [9.17, 15) is 13.2 Å². The first-order valence-corrected chi connectivity index (χ1v) is 8.25. The summed E-state index contributed by atoms with van der Waals surface area (Å²) in [5.41, 5.74) is -0.0724. The van der Waals surface area contributed by atoms with Crippen LogP contribution in [0.25, 0.3) is 0 Å². The molecule has 7 heteroatoms. The minimum Gasteiger partial charge on any atom is -0.495 e. The molecule has 0 atom stereocenters. The van der Waals surface area contributed by atoms with Crippen LogP contribution in [0.2, 0.25) is 0 Å². The summed E-state index contributed by atoms with van der Waals surface area (Å²) in [6.07, 6.45) is 2.08. The topological polar surface area (TPSA) is 83.9 Å². The van der Waals surface area contributed by atoms with Crippen LogP contribution in [0, 0.1) is 5.92 Å². The summed E-state index contributed by atoms with van der Waals surface area (Å²) in [5, 5.41) is 9.04. The molecular weight excluding hydrogens is 294 g/mol. The predicted octanol–water partition coefficient (Wildman–Crippen LogP) is 1.81. The van der Waals surface area contributed by atoms with Crippen LogP contribution < -0.4 is 4.74 Å². The smallest absolute Gasteiger partial charge is 0.335 e. The normalized spacial score (nSPS) is 15.2. The lowest BCUT2D eigenvalue weighted by Crippen LogP contribution is -2.33. The number of carbonyl (C=O) groups is 1. The van der Waals surface area contributed by atoms with Gasteiger partial charge in [-0.1, -0.05) is 6.92 Å². The first-order valence-electron chi connectivity index (χ1n) is 6.81. The highest BCUT2D eigenvalue weighted by Gasteiger charge is 2.32. The summed E-state index contributed by atoms with van der Waals surface area (Å²) in [6, 6.07) is 3.87. The first kappa shape index (κ1) is 15.8. The number of carboxylic acid groups (broad SMARTS) is 1. The van der Waals surface area contributed by atoms with Gasteiger partial charge in [-0.25, -0.2) is 13.2 Å². The molecule has 0 amide bonds. The van der Waals surface area contributed by atoms with Gasteiger partial charge in [-0.3, -0.25) is 0 Å². The van der Waals surface area contributed by atoms with E-state index in [1.54, 1.807) is 6.92 Å². The second kappa shape index (κ2) is 6.03. The molecule has 0 spiro atoms. The second-order valence-electron chi connectivity index (χ2n) is 5.07. The molecule has 0 aromatic heterocycles. The van der Waals surface area contributed by atoms with Crippen molar-refractivity contribution >= 4 is 16.0 Å². The molecule has 116 valence electrons. The SMILES string of the molecule is CCN(CC1CC1)S(=O)(=O)c1cc(C(=O)O)ccc1OC. The van der Waals surface area contributed by atoms with Crippen molar-refractivity contribution in [2.75, 3.05) is 20.2 Å². The third-order valence-electron chi connectivity index (χ3n) is 3.54. The number of methoxy groups -OCH3 is 1. The van der Waals surface area contributed by atoms with Crippen molar-refractivity contribution < 1.29 is 23.1 Å². The van der Waals surface area contributed by atoms with Crippen LogP contribution in [0.1, 0.15) is 30.1 Å². The van der Waals surface area contributed by atoms with Crippen molar-refractivity contribution in [3.63, 3.8) is 0 Å². The Hall–Kier alpha value is -1.60. The van der Waals surface area contributed by atoms with Crippen LogP contribution in [0.15, 0.2) is 23.1 Å². The van der Waals surface area contributed by atoms with Gasteiger partial charge in [0.25, 0.3) is 0 Å². The highest BCUT2D eigenvalue weighted by atomic mass is 32.2. The molecule has 1 aliphatic carbocycles. The summed E-state index contributed by atoms with van der Waals surface area (Å²) in [7, 11) is -2.39. The van der Waals surface area contributed by atoms with Crippen molar-refractivity contribution in [3.05, 3.63) is 23.8 Å². The Morgan fingerprint density at radius 1 is 1.43 bits per heavy atom. The fourth-order valence-corrected chi connectivity index (χ4v) is 3.84. The number of nitrogens with zero attached hydrogens (tertiary/aromatic N) is 1. The van der Waals surface area contributed by atoms with Crippen molar-refractivity contribution in [2.45, 2.75) is 24.7 Å². The quantitative estimate of drug-likeness (QED) is 0.830. The molecule has 0 radical (unpaired) electrons. The molecular formula is C14H19NO5S. The zero-order valence-electron chi connectivity index (χ0n) is 12.1. The Kier molecular flexibility index (Phi) is 4.53. The van der Waals surface area contributed by atoms with Gasteiger partial charge in [0.1, 0.15) is 10.6 Å². The van der Waals surface area contributed by atoms with E-state index in [4.69, 9.17) is 9.84 Å². The lowest BCUT2D eigenvalue weighted by Gasteiger charge is -2.21. The van der Waals surface area contributed by atoms with E-state index in [1.165, 1.54) is 23.5 Å². The number of hydrogen-bond acceptors (Lipinski definition) is 4. The van der Waals surface area contributed by atoms with Gasteiger partial charge in [0, 0.05) is 13.1 Å². The van der Waals surface area contributed by atoms with Crippen LogP contribution in [-0.2, 0) is 10.0 Å². The first-order chi connectivity index (χ1) is 9.90. The molecule has 1 saturated carbocycles. The summed E-state index contributed by atoms with van der Waals surface area (Å²) in [5.74, 6) is -0.595. The van der Waals surface area contributed by atoms with E-state index in [0.717, 1.165) is 18.9 Å². The lowest BCUT2D eigenvalue weighted by molar-refractivity contribution is 0.0696. The van der Waals surface area contributed by atoms with Crippen LogP contribution in [0.3, 0.4) is 0 Å². The van der Waals surface area contributed by atoms with Gasteiger partial charge in [-0.05, 0) is 37.0 Å². The summed E-state index contributed by atoms with van der Waals surface area (Å²) < 4.78 is 31.9. The van der Waals surface area contributed by atoms with Crippen molar-refractivity contribution in [1.82, 2.24) is 4.31 Å². The van der Waals surface area contributed by atoms with Gasteiger partial charge in [0.05, 0.1) is 12.7 Å². The molecule has 0 saturated heterocycles. The molecule has 0 bridgehead atoms. The molecule has 6 nitrogen and oxygen atoms in total. The number of carboxylic acids is 1. The fraction of sp³-hybridized carbons (Fsp3) is 0.500. The number of benzene rings is 1. The highest BCUT2D eigenvalue weighted by Crippen LogP contribution is 2.33. The summed E-state index contributed by atoms with van der Waals surface area (Å²) in [6.45, 7) is 2.59. The lowest BCUT2D eigenvalue weighted by atomic mass is 10.2. The minimum atomic E-state index is -3.76. The maximum absolute atomic E-state index is 12.7. The molecule has 0 heterocycles. The molecule has 2 rings (SSSR count). The monoisotopic (exact) mass is 313 g/mol. The van der Waals surface area contributed by atoms with Crippen molar-refractivity contribution in [2.24, 2.45) is 5.92 Å². The van der Waals surface area contributed by atoms with Crippen LogP contribution in [-0.4, -0.2) is 44.0 Å². The Morgan fingerprint density at radius 2 is 2.10 bits per heavy atom. The minimum absolute atomic E-state index is 0.0724. The largest absolute Gasteiger partial charge is 0.495 e. The number of sulfonamides is 1. The van der Waals surface area contributed by atoms with Gasteiger partial charge in [0.2, 0.25) is 10.0 Å². The Labute approximate surface area is 124 Å². The number of hydrogen-bond donors (Lipinski definition) is 1. The van der Waals surface area contributed by atoms with Crippen LogP contribution in [0.5, 0.6) is 5.75 Å². The van der Waals surface area contributed by atoms with Gasteiger partial charge in [-0.15, -0.1) is 0 Å². The molecule has 1 aromatic carbocycles. The Bertz CT molecular complexity index is 637. The average Bonchev–Trinajstić information content (AvgIpc) is 3.27. The van der Waals surface area contributed by atoms with E-state index < -0.39 is 16.0 Å². The standard InChI is InChI=1S/C14H19NO5S/c1-3-15(9-10-4-5-10)21(18,19)13-8-11(14(16)17)6-7-12(13)20-2/h6-8,10H,3-5,9H2,1-2H3,(H,16,17). The van der Waals surface area contributed by atoms with E-state index in [1.807, 2.05) is 0 Å². The fourth-order valence-electron chi connectivity index (χ4n) is 2.14. The van der Waals surface area contributed by atoms with Crippen LogP contribution >= 0.6 is 0 Å². The zero-order valence-corrected chi connectivity index (χ0v) is 12.9. The average molecular weight is 313 g/mol. The maximum atomic E-state index is 12.7. The molecule has 0 unspecified atom stereocenters. The van der Waals surface area contributed by atoms with E-state index in [0.29, 0.717) is 19.0 Å². The zero-order chi connectivity index (χ0) is 15.6. The van der Waals surface area contributed by atoms with Gasteiger partial charge < -0.3 is 9.84 Å². The summed E-state index contributed by atoms with van der Waals surface area (Å²) >= 11 is 0. The van der Waals surface area contributed by atoms with E-state index in [-0.39, 0.29) is 16.2 Å². The Balaban J connectivity index is 2.45. The molecule has 0 aliphatic heterocycles. The van der Waals surface area contributed by atoms with Gasteiger partial charge in [0.15, 0.2) is 0 Å². The van der Waals surface area contributed by atoms with Crippen molar-refractivity contribution in [1.29, 1.82) is 0 Å². The molecule has 21 heavy (non-hydrogen) atoms. The molecule has 1 fully saturated rings. The molecule has 1 aliphatic rings. The molecule has 1 aromatic rings. The third-order valence-corrected chi connectivity index (χ3v) is 5.50. The van der Waals surface area contributed by atoms with Crippen LogP contribution in [0.4, 0.5) is 0 Å². The van der Waals surface area contributed by atoms with Crippen molar-refractivity contribution in [3.8, 4) is 5.75 Å². The molecule has 1 N–H and O–H groups in total. The predicted molar refractivity (Wildman–Crippen MR) is 77.1 cm³/mol. The second-order valence-corrected chi connectivity index (χ2v) is 6.98. The van der Waals surface area contributed by atoms with E-state index >= 15 is 0 Å². The number of ether oxygens (including phenoxy) is 1. The summed E-state index contributed by atoms with van der Waals surface area (Å²) in [4.78, 5) is 11.0. The maximum Gasteiger partial charge on any atom is 0.335 e. The van der Waals surface area contributed by atoms with Gasteiger partial charge in [-0.2, -0.15) is 4.31 Å².